The topological polar surface area (TPSA) is 71.3 Å². The van der Waals surface area contributed by atoms with Gasteiger partial charge in [0.15, 0.2) is 0 Å². The second-order valence-corrected chi connectivity index (χ2v) is 6.83. The minimum Gasteiger partial charge on any atom is -0.447 e. The number of sulfonamides is 1. The maximum atomic E-state index is 11.9. The van der Waals surface area contributed by atoms with Crippen LogP contribution < -0.4 is 10.0 Å². The molecule has 7 heteroatoms. The summed E-state index contributed by atoms with van der Waals surface area (Å²) in [5.74, 6) is 1.57. The van der Waals surface area contributed by atoms with Crippen LogP contribution in [0.3, 0.4) is 0 Å². The van der Waals surface area contributed by atoms with Crippen molar-refractivity contribution >= 4 is 21.8 Å². The molecular weight excluding hydrogens is 284 g/mol. The predicted molar refractivity (Wildman–Crippen MR) is 78.9 cm³/mol. The molecule has 0 aliphatic rings. The van der Waals surface area contributed by atoms with E-state index < -0.39 is 10.0 Å². The molecule has 0 aliphatic heterocycles. The van der Waals surface area contributed by atoms with Crippen LogP contribution in [0.1, 0.15) is 25.5 Å². The van der Waals surface area contributed by atoms with Crippen LogP contribution in [0.2, 0.25) is 0 Å². The fourth-order valence-corrected chi connectivity index (χ4v) is 2.93. The van der Waals surface area contributed by atoms with Gasteiger partial charge in [-0.25, -0.2) is 13.1 Å². The van der Waals surface area contributed by atoms with E-state index in [4.69, 9.17) is 4.42 Å². The van der Waals surface area contributed by atoms with Crippen LogP contribution in [0.5, 0.6) is 0 Å². The average Bonchev–Trinajstić information content (AvgIpc) is 2.85. The Morgan fingerprint density at radius 3 is 2.79 bits per heavy atom. The number of rotatable bonds is 10. The third kappa shape index (κ3) is 5.99. The third-order valence-electron chi connectivity index (χ3n) is 2.45. The van der Waals surface area contributed by atoms with Gasteiger partial charge in [0.25, 0.3) is 10.0 Å². The van der Waals surface area contributed by atoms with Gasteiger partial charge in [0.05, 0.1) is 6.54 Å². The van der Waals surface area contributed by atoms with E-state index in [0.717, 1.165) is 25.1 Å². The molecule has 0 spiro atoms. The first-order valence-corrected chi connectivity index (χ1v) is 9.26. The van der Waals surface area contributed by atoms with Crippen molar-refractivity contribution in [3.05, 3.63) is 17.9 Å². The van der Waals surface area contributed by atoms with Gasteiger partial charge in [-0.3, -0.25) is 0 Å². The maximum Gasteiger partial charge on any atom is 0.273 e. The number of furan rings is 1. The summed E-state index contributed by atoms with van der Waals surface area (Å²) in [6, 6.07) is 3.19. The summed E-state index contributed by atoms with van der Waals surface area (Å²) in [4.78, 5) is 0. The lowest BCUT2D eigenvalue weighted by molar-refractivity contribution is 0.400. The van der Waals surface area contributed by atoms with Crippen molar-refractivity contribution in [1.29, 1.82) is 0 Å². The van der Waals surface area contributed by atoms with Gasteiger partial charge in [-0.1, -0.05) is 6.92 Å². The molecule has 1 aromatic heterocycles. The molecule has 1 aromatic rings. The van der Waals surface area contributed by atoms with E-state index in [1.807, 2.05) is 6.26 Å². The summed E-state index contributed by atoms with van der Waals surface area (Å²) >= 11 is 1.70. The summed E-state index contributed by atoms with van der Waals surface area (Å²) in [6.45, 7) is 3.95. The van der Waals surface area contributed by atoms with E-state index in [-0.39, 0.29) is 5.09 Å². The normalized spacial score (nSPS) is 11.9. The van der Waals surface area contributed by atoms with E-state index in [1.165, 1.54) is 6.07 Å². The Bertz CT molecular complexity index is 457. The van der Waals surface area contributed by atoms with Gasteiger partial charge in [-0.05, 0) is 43.5 Å². The third-order valence-corrected chi connectivity index (χ3v) is 4.48. The van der Waals surface area contributed by atoms with Crippen molar-refractivity contribution in [1.82, 2.24) is 10.0 Å². The number of thioether (sulfide) groups is 1. The summed E-state index contributed by atoms with van der Waals surface area (Å²) < 4.78 is 31.7. The first-order valence-electron chi connectivity index (χ1n) is 6.38. The largest absolute Gasteiger partial charge is 0.447 e. The van der Waals surface area contributed by atoms with Gasteiger partial charge >= 0.3 is 0 Å². The average molecular weight is 306 g/mol. The van der Waals surface area contributed by atoms with Crippen LogP contribution in [-0.4, -0.2) is 33.5 Å². The molecule has 0 bridgehead atoms. The van der Waals surface area contributed by atoms with Crippen molar-refractivity contribution in [3.63, 3.8) is 0 Å². The molecule has 0 saturated carbocycles. The molecular formula is C12H22N2O3S2. The van der Waals surface area contributed by atoms with Crippen molar-refractivity contribution in [2.75, 3.05) is 25.1 Å². The van der Waals surface area contributed by atoms with Crippen molar-refractivity contribution in [3.8, 4) is 0 Å². The van der Waals surface area contributed by atoms with Gasteiger partial charge < -0.3 is 9.73 Å². The Hall–Kier alpha value is -0.500. The standard InChI is InChI=1S/C12H22N2O3S2/c1-3-7-13-10-11-5-6-12(17-11)19(15,16)14-8-4-9-18-2/h5-6,13-14H,3-4,7-10H2,1-2H3. The quantitative estimate of drug-likeness (QED) is 0.645. The second-order valence-electron chi connectivity index (χ2n) is 4.14. The minimum absolute atomic E-state index is 0.00931. The van der Waals surface area contributed by atoms with Gasteiger partial charge in [-0.15, -0.1) is 0 Å². The number of hydrogen-bond donors (Lipinski definition) is 2. The molecule has 0 atom stereocenters. The molecule has 0 unspecified atom stereocenters. The van der Waals surface area contributed by atoms with Gasteiger partial charge in [-0.2, -0.15) is 11.8 Å². The molecule has 5 nitrogen and oxygen atoms in total. The van der Waals surface area contributed by atoms with Crippen molar-refractivity contribution in [2.24, 2.45) is 0 Å². The van der Waals surface area contributed by atoms with E-state index in [2.05, 4.69) is 17.0 Å². The van der Waals surface area contributed by atoms with Crippen LogP contribution >= 0.6 is 11.8 Å². The van der Waals surface area contributed by atoms with Gasteiger partial charge in [0.2, 0.25) is 5.09 Å². The fraction of sp³-hybridized carbons (Fsp3) is 0.667. The summed E-state index contributed by atoms with van der Waals surface area (Å²) in [5, 5.41) is 3.15. The Labute approximate surface area is 119 Å². The zero-order valence-electron chi connectivity index (χ0n) is 11.4. The Kier molecular flexibility index (Phi) is 7.52. The van der Waals surface area contributed by atoms with E-state index in [1.54, 1.807) is 17.8 Å². The molecule has 0 amide bonds. The van der Waals surface area contributed by atoms with Crippen molar-refractivity contribution < 1.29 is 12.8 Å². The first kappa shape index (κ1) is 16.6. The lowest BCUT2D eigenvalue weighted by Gasteiger charge is -2.03. The molecule has 0 aliphatic carbocycles. The van der Waals surface area contributed by atoms with E-state index >= 15 is 0 Å². The Balaban J connectivity index is 2.49. The molecule has 19 heavy (non-hydrogen) atoms. The van der Waals surface area contributed by atoms with E-state index in [9.17, 15) is 8.42 Å². The molecule has 0 aromatic carbocycles. The highest BCUT2D eigenvalue weighted by atomic mass is 32.2. The smallest absolute Gasteiger partial charge is 0.273 e. The molecule has 0 saturated heterocycles. The highest BCUT2D eigenvalue weighted by molar-refractivity contribution is 7.98. The molecule has 1 heterocycles. The zero-order chi connectivity index (χ0) is 14.1. The molecule has 0 radical (unpaired) electrons. The molecule has 0 fully saturated rings. The van der Waals surface area contributed by atoms with Crippen molar-refractivity contribution in [2.45, 2.75) is 31.4 Å². The highest BCUT2D eigenvalue weighted by Crippen LogP contribution is 2.13. The summed E-state index contributed by atoms with van der Waals surface area (Å²) in [7, 11) is -3.50. The monoisotopic (exact) mass is 306 g/mol. The number of nitrogens with one attached hydrogen (secondary N) is 2. The van der Waals surface area contributed by atoms with E-state index in [0.29, 0.717) is 18.8 Å². The fourth-order valence-electron chi connectivity index (χ4n) is 1.48. The van der Waals surface area contributed by atoms with Crippen LogP contribution in [0.25, 0.3) is 0 Å². The highest BCUT2D eigenvalue weighted by Gasteiger charge is 2.17. The Morgan fingerprint density at radius 2 is 2.11 bits per heavy atom. The molecule has 2 N–H and O–H groups in total. The summed E-state index contributed by atoms with van der Waals surface area (Å²) in [6.07, 6.45) is 3.84. The summed E-state index contributed by atoms with van der Waals surface area (Å²) in [5.41, 5.74) is 0. The lowest BCUT2D eigenvalue weighted by atomic mass is 10.4. The van der Waals surface area contributed by atoms with Gasteiger partial charge in [0, 0.05) is 6.54 Å². The Morgan fingerprint density at radius 1 is 1.32 bits per heavy atom. The minimum atomic E-state index is -3.50. The predicted octanol–water partition coefficient (Wildman–Crippen LogP) is 1.81. The second kappa shape index (κ2) is 8.63. The van der Waals surface area contributed by atoms with Crippen LogP contribution in [0.4, 0.5) is 0 Å². The maximum absolute atomic E-state index is 11.9. The van der Waals surface area contributed by atoms with Crippen LogP contribution in [0.15, 0.2) is 21.6 Å². The lowest BCUT2D eigenvalue weighted by Crippen LogP contribution is -2.24. The van der Waals surface area contributed by atoms with Crippen LogP contribution in [0, 0.1) is 0 Å². The van der Waals surface area contributed by atoms with Crippen LogP contribution in [-0.2, 0) is 16.6 Å². The molecule has 1 rings (SSSR count). The first-order chi connectivity index (χ1) is 9.10. The zero-order valence-corrected chi connectivity index (χ0v) is 13.1. The SMILES string of the molecule is CCCNCc1ccc(S(=O)(=O)NCCCSC)o1. The number of hydrogen-bond acceptors (Lipinski definition) is 5. The molecule has 110 valence electrons. The van der Waals surface area contributed by atoms with Gasteiger partial charge in [0.1, 0.15) is 5.76 Å².